The number of aromatic nitrogens is 4. The largest absolute Gasteiger partial charge is 0.366 e. The summed E-state index contributed by atoms with van der Waals surface area (Å²) >= 11 is 0. The van der Waals surface area contributed by atoms with Gasteiger partial charge in [-0.05, 0) is 44.0 Å². The van der Waals surface area contributed by atoms with Gasteiger partial charge in [-0.2, -0.15) is 14.6 Å². The lowest BCUT2D eigenvalue weighted by Crippen LogP contribution is -2.24. The Hall–Kier alpha value is -2.47. The van der Waals surface area contributed by atoms with Crippen LogP contribution in [0.3, 0.4) is 0 Å². The number of anilines is 1. The average molecular weight is 350 g/mol. The van der Waals surface area contributed by atoms with Crippen LogP contribution in [0, 0.1) is 6.92 Å². The maximum Gasteiger partial charge on any atom is 0.254 e. The van der Waals surface area contributed by atoms with Gasteiger partial charge in [0.05, 0.1) is 0 Å². The summed E-state index contributed by atoms with van der Waals surface area (Å²) in [6, 6.07) is 10.7. The van der Waals surface area contributed by atoms with E-state index < -0.39 is 0 Å². The summed E-state index contributed by atoms with van der Waals surface area (Å²) in [5.41, 5.74) is 3.67. The molecule has 1 aliphatic rings. The number of hydrogen-bond acceptors (Lipinski definition) is 5. The van der Waals surface area contributed by atoms with Gasteiger partial charge in [0.2, 0.25) is 0 Å². The van der Waals surface area contributed by atoms with Crippen LogP contribution in [0.1, 0.15) is 42.5 Å². The first-order chi connectivity index (χ1) is 12.8. The van der Waals surface area contributed by atoms with Crippen molar-refractivity contribution in [3.05, 3.63) is 53.5 Å². The predicted molar refractivity (Wildman–Crippen MR) is 103 cm³/mol. The lowest BCUT2D eigenvalue weighted by atomic mass is 10.1. The highest BCUT2D eigenvalue weighted by Gasteiger charge is 2.12. The van der Waals surface area contributed by atoms with Crippen molar-refractivity contribution in [2.75, 3.05) is 18.4 Å². The van der Waals surface area contributed by atoms with Crippen molar-refractivity contribution in [1.82, 2.24) is 24.5 Å². The Morgan fingerprint density at radius 3 is 2.62 bits per heavy atom. The van der Waals surface area contributed by atoms with Gasteiger partial charge in [-0.1, -0.05) is 37.1 Å². The van der Waals surface area contributed by atoms with Crippen LogP contribution in [0.4, 0.5) is 5.82 Å². The molecule has 0 spiro atoms. The molecule has 26 heavy (non-hydrogen) atoms. The van der Waals surface area contributed by atoms with Crippen LogP contribution in [0.25, 0.3) is 5.78 Å². The zero-order valence-electron chi connectivity index (χ0n) is 15.4. The fourth-order valence-corrected chi connectivity index (χ4v) is 3.66. The second-order valence-corrected chi connectivity index (χ2v) is 7.07. The van der Waals surface area contributed by atoms with Crippen LogP contribution < -0.4 is 5.32 Å². The van der Waals surface area contributed by atoms with Crippen LogP contribution >= 0.6 is 0 Å². The molecule has 0 saturated carbocycles. The van der Waals surface area contributed by atoms with Gasteiger partial charge in [-0.15, -0.1) is 0 Å². The Bertz CT molecular complexity index is 864. The first-order valence-corrected chi connectivity index (χ1v) is 9.50. The van der Waals surface area contributed by atoms with Crippen LogP contribution in [-0.2, 0) is 13.1 Å². The summed E-state index contributed by atoms with van der Waals surface area (Å²) < 4.78 is 1.75. The van der Waals surface area contributed by atoms with Crippen molar-refractivity contribution in [1.29, 1.82) is 0 Å². The second-order valence-electron chi connectivity index (χ2n) is 7.07. The van der Waals surface area contributed by atoms with Gasteiger partial charge in [-0.3, -0.25) is 4.90 Å². The van der Waals surface area contributed by atoms with E-state index in [1.807, 2.05) is 13.0 Å². The number of nitrogens with zero attached hydrogens (tertiary/aromatic N) is 5. The van der Waals surface area contributed by atoms with Crippen molar-refractivity contribution in [2.24, 2.45) is 0 Å². The minimum absolute atomic E-state index is 0.630. The molecule has 0 bridgehead atoms. The van der Waals surface area contributed by atoms with Crippen LogP contribution in [0.15, 0.2) is 36.7 Å². The maximum atomic E-state index is 4.40. The molecule has 1 aromatic carbocycles. The molecule has 2 aromatic heterocycles. The third kappa shape index (κ3) is 3.85. The van der Waals surface area contributed by atoms with E-state index in [0.29, 0.717) is 5.78 Å². The Balaban J connectivity index is 1.50. The first-order valence-electron chi connectivity index (χ1n) is 9.50. The molecule has 4 rings (SSSR count). The second kappa shape index (κ2) is 7.83. The fourth-order valence-electron chi connectivity index (χ4n) is 3.66. The number of rotatable bonds is 5. The summed E-state index contributed by atoms with van der Waals surface area (Å²) in [4.78, 5) is 11.2. The molecular formula is C20H26N6. The van der Waals surface area contributed by atoms with E-state index in [-0.39, 0.29) is 0 Å². The van der Waals surface area contributed by atoms with Gasteiger partial charge in [0.25, 0.3) is 5.78 Å². The highest BCUT2D eigenvalue weighted by molar-refractivity contribution is 5.45. The molecular weight excluding hydrogens is 324 g/mol. The quantitative estimate of drug-likeness (QED) is 0.764. The van der Waals surface area contributed by atoms with Crippen molar-refractivity contribution < 1.29 is 0 Å². The van der Waals surface area contributed by atoms with Crippen LogP contribution in [0.2, 0.25) is 0 Å². The van der Waals surface area contributed by atoms with Gasteiger partial charge in [-0.25, -0.2) is 4.98 Å². The average Bonchev–Trinajstić information content (AvgIpc) is 2.96. The number of likely N-dealkylation sites (tertiary alicyclic amines) is 1. The Kier molecular flexibility index (Phi) is 5.11. The minimum atomic E-state index is 0.630. The summed E-state index contributed by atoms with van der Waals surface area (Å²) in [6.45, 7) is 6.21. The molecule has 0 aliphatic carbocycles. The Morgan fingerprint density at radius 1 is 1.04 bits per heavy atom. The van der Waals surface area contributed by atoms with E-state index in [1.165, 1.54) is 49.9 Å². The molecule has 6 heteroatoms. The van der Waals surface area contributed by atoms with Gasteiger partial charge in [0.1, 0.15) is 12.1 Å². The molecule has 0 amide bonds. The zero-order valence-corrected chi connectivity index (χ0v) is 15.4. The first kappa shape index (κ1) is 17.0. The number of fused-ring (bicyclic) bond motifs is 1. The standard InChI is InChI=1S/C20H26N6/c1-16-12-19(26-20(24-16)22-15-23-26)21-13-17-8-4-5-9-18(17)14-25-10-6-2-3-7-11-25/h4-5,8-9,12,15,21H,2-3,6-7,10-11,13-14H2,1H3. The van der Waals surface area contributed by atoms with E-state index in [1.54, 1.807) is 10.8 Å². The summed E-state index contributed by atoms with van der Waals surface area (Å²) in [7, 11) is 0. The monoisotopic (exact) mass is 350 g/mol. The van der Waals surface area contributed by atoms with Gasteiger partial charge in [0, 0.05) is 24.8 Å². The molecule has 0 radical (unpaired) electrons. The molecule has 1 saturated heterocycles. The number of nitrogens with one attached hydrogen (secondary N) is 1. The Labute approximate surface area is 154 Å². The lowest BCUT2D eigenvalue weighted by molar-refractivity contribution is 0.276. The summed E-state index contributed by atoms with van der Waals surface area (Å²) in [5.74, 6) is 1.56. The van der Waals surface area contributed by atoms with Gasteiger partial charge in [0.15, 0.2) is 0 Å². The highest BCUT2D eigenvalue weighted by Crippen LogP contribution is 2.18. The third-order valence-electron chi connectivity index (χ3n) is 5.05. The molecule has 1 fully saturated rings. The van der Waals surface area contributed by atoms with E-state index in [0.717, 1.165) is 24.6 Å². The molecule has 6 nitrogen and oxygen atoms in total. The lowest BCUT2D eigenvalue weighted by Gasteiger charge is -2.22. The van der Waals surface area contributed by atoms with Crippen molar-refractivity contribution in [3.63, 3.8) is 0 Å². The number of hydrogen-bond donors (Lipinski definition) is 1. The SMILES string of the molecule is Cc1cc(NCc2ccccc2CN2CCCCCC2)n2ncnc2n1. The minimum Gasteiger partial charge on any atom is -0.366 e. The molecule has 3 heterocycles. The number of aryl methyl sites for hydroxylation is 1. The third-order valence-corrected chi connectivity index (χ3v) is 5.05. The fraction of sp³-hybridized carbons (Fsp3) is 0.450. The molecule has 0 atom stereocenters. The molecule has 1 N–H and O–H groups in total. The zero-order chi connectivity index (χ0) is 17.8. The smallest absolute Gasteiger partial charge is 0.254 e. The van der Waals surface area contributed by atoms with E-state index in [4.69, 9.17) is 0 Å². The predicted octanol–water partition coefficient (Wildman–Crippen LogP) is 3.42. The Morgan fingerprint density at radius 2 is 1.81 bits per heavy atom. The summed E-state index contributed by atoms with van der Waals surface area (Å²) in [6.07, 6.45) is 6.92. The molecule has 1 aliphatic heterocycles. The number of benzene rings is 1. The normalized spacial score (nSPS) is 15.9. The summed E-state index contributed by atoms with van der Waals surface area (Å²) in [5, 5.41) is 7.79. The maximum absolute atomic E-state index is 4.40. The van der Waals surface area contributed by atoms with Crippen LogP contribution in [-0.4, -0.2) is 37.6 Å². The van der Waals surface area contributed by atoms with Gasteiger partial charge >= 0.3 is 0 Å². The van der Waals surface area contributed by atoms with Crippen molar-refractivity contribution in [2.45, 2.75) is 45.7 Å². The molecule has 136 valence electrons. The van der Waals surface area contributed by atoms with E-state index in [9.17, 15) is 0 Å². The van der Waals surface area contributed by atoms with Crippen molar-refractivity contribution >= 4 is 11.6 Å². The van der Waals surface area contributed by atoms with E-state index in [2.05, 4.69) is 49.5 Å². The molecule has 0 unspecified atom stereocenters. The van der Waals surface area contributed by atoms with Crippen molar-refractivity contribution in [3.8, 4) is 0 Å². The van der Waals surface area contributed by atoms with E-state index >= 15 is 0 Å². The molecule has 3 aromatic rings. The van der Waals surface area contributed by atoms with Gasteiger partial charge < -0.3 is 5.32 Å². The highest BCUT2D eigenvalue weighted by atomic mass is 15.3. The topological polar surface area (TPSA) is 58.4 Å². The van der Waals surface area contributed by atoms with Crippen LogP contribution in [0.5, 0.6) is 0 Å².